The number of nitrogens with one attached hydrogen (secondary N) is 1. The Balaban J connectivity index is 1.56. The van der Waals surface area contributed by atoms with Crippen LogP contribution in [-0.2, 0) is 6.42 Å². The maximum atomic E-state index is 4.48. The molecular formula is C22H30N2. The molecule has 3 aliphatic heterocycles. The van der Waals surface area contributed by atoms with Gasteiger partial charge in [-0.1, -0.05) is 19.6 Å². The molecule has 2 bridgehead atoms. The second-order valence-electron chi connectivity index (χ2n) is 8.03. The van der Waals surface area contributed by atoms with Crippen LogP contribution in [0.3, 0.4) is 0 Å². The monoisotopic (exact) mass is 322 g/mol. The first kappa shape index (κ1) is 16.0. The van der Waals surface area contributed by atoms with E-state index in [1.54, 1.807) is 0 Å². The van der Waals surface area contributed by atoms with Gasteiger partial charge in [0.2, 0.25) is 0 Å². The summed E-state index contributed by atoms with van der Waals surface area (Å²) in [5.74, 6) is 0. The zero-order chi connectivity index (χ0) is 16.7. The molecule has 3 saturated heterocycles. The summed E-state index contributed by atoms with van der Waals surface area (Å²) in [6, 6.07) is 4.45. The highest BCUT2D eigenvalue weighted by Crippen LogP contribution is 2.45. The minimum absolute atomic E-state index is 0.604. The molecule has 0 radical (unpaired) electrons. The maximum Gasteiger partial charge on any atom is 0.0463 e. The van der Waals surface area contributed by atoms with E-state index in [0.29, 0.717) is 5.41 Å². The van der Waals surface area contributed by atoms with Crippen molar-refractivity contribution >= 4 is 16.5 Å². The van der Waals surface area contributed by atoms with Crippen LogP contribution in [0.2, 0.25) is 0 Å². The molecule has 3 fully saturated rings. The Hall–Kier alpha value is -1.54. The summed E-state index contributed by atoms with van der Waals surface area (Å²) >= 11 is 0. The number of hydrogen-bond donors (Lipinski definition) is 1. The van der Waals surface area contributed by atoms with Crippen LogP contribution in [0.25, 0.3) is 16.5 Å². The van der Waals surface area contributed by atoms with E-state index in [0.717, 1.165) is 12.8 Å². The molecule has 0 saturated carbocycles. The van der Waals surface area contributed by atoms with Gasteiger partial charge in [0.05, 0.1) is 0 Å². The molecule has 0 unspecified atom stereocenters. The molecule has 0 atom stereocenters. The number of benzene rings is 1. The van der Waals surface area contributed by atoms with Gasteiger partial charge in [-0.05, 0) is 93.3 Å². The zero-order valence-corrected chi connectivity index (χ0v) is 15.3. The van der Waals surface area contributed by atoms with Crippen molar-refractivity contribution in [2.45, 2.75) is 52.4 Å². The Morgan fingerprint density at radius 2 is 1.92 bits per heavy atom. The number of aromatic amines is 1. The lowest BCUT2D eigenvalue weighted by Crippen LogP contribution is -2.48. The van der Waals surface area contributed by atoms with Crippen molar-refractivity contribution in [3.05, 3.63) is 41.6 Å². The average Bonchev–Trinajstić information content (AvgIpc) is 3.05. The van der Waals surface area contributed by atoms with Gasteiger partial charge in [0.15, 0.2) is 0 Å². The maximum absolute atomic E-state index is 4.48. The Morgan fingerprint density at radius 3 is 2.58 bits per heavy atom. The van der Waals surface area contributed by atoms with E-state index in [9.17, 15) is 0 Å². The van der Waals surface area contributed by atoms with Crippen molar-refractivity contribution in [1.82, 2.24) is 9.88 Å². The van der Waals surface area contributed by atoms with Gasteiger partial charge < -0.3 is 9.88 Å². The highest BCUT2D eigenvalue weighted by atomic mass is 15.1. The topological polar surface area (TPSA) is 19.0 Å². The smallest absolute Gasteiger partial charge is 0.0463 e. The highest BCUT2D eigenvalue weighted by Gasteiger charge is 2.38. The fourth-order valence-electron chi connectivity index (χ4n) is 4.96. The van der Waals surface area contributed by atoms with Crippen LogP contribution in [-0.4, -0.2) is 29.5 Å². The summed E-state index contributed by atoms with van der Waals surface area (Å²) < 4.78 is 0. The molecule has 1 aromatic heterocycles. The first-order chi connectivity index (χ1) is 11.6. The van der Waals surface area contributed by atoms with Crippen LogP contribution >= 0.6 is 0 Å². The van der Waals surface area contributed by atoms with Crippen LogP contribution in [0.5, 0.6) is 0 Å². The van der Waals surface area contributed by atoms with E-state index in [-0.39, 0.29) is 0 Å². The second kappa shape index (κ2) is 6.07. The van der Waals surface area contributed by atoms with Gasteiger partial charge in [0.25, 0.3) is 0 Å². The summed E-state index contributed by atoms with van der Waals surface area (Å²) in [7, 11) is 0. The summed E-state index contributed by atoms with van der Waals surface area (Å²) in [4.78, 5) is 6.10. The fourth-order valence-corrected chi connectivity index (χ4v) is 4.96. The standard InChI is InChI=1S/C22H30N2/c1-4-18-16(2)5-6-20-21(18)19(15-23-20)17(3)7-8-22-9-12-24(13-10-22)14-11-22/h5-6,15,23H,3-4,7-14H2,1-2H3. The number of aromatic nitrogens is 1. The first-order valence-electron chi connectivity index (χ1n) is 9.62. The number of fused-ring (bicyclic) bond motifs is 4. The van der Waals surface area contributed by atoms with Crippen molar-refractivity contribution in [3.63, 3.8) is 0 Å². The van der Waals surface area contributed by atoms with Gasteiger partial charge >= 0.3 is 0 Å². The lowest BCUT2D eigenvalue weighted by atomic mass is 9.68. The quantitative estimate of drug-likeness (QED) is 0.789. The van der Waals surface area contributed by atoms with E-state index < -0.39 is 0 Å². The number of rotatable bonds is 5. The second-order valence-corrected chi connectivity index (χ2v) is 8.03. The summed E-state index contributed by atoms with van der Waals surface area (Å²) in [6.07, 6.45) is 9.92. The minimum atomic E-state index is 0.604. The van der Waals surface area contributed by atoms with Crippen LogP contribution in [0.15, 0.2) is 24.9 Å². The van der Waals surface area contributed by atoms with Gasteiger partial charge in [0, 0.05) is 22.7 Å². The van der Waals surface area contributed by atoms with E-state index in [4.69, 9.17) is 0 Å². The summed E-state index contributed by atoms with van der Waals surface area (Å²) in [6.45, 7) is 12.9. The number of hydrogen-bond acceptors (Lipinski definition) is 1. The van der Waals surface area contributed by atoms with Crippen LogP contribution in [0.4, 0.5) is 0 Å². The molecule has 3 aliphatic rings. The van der Waals surface area contributed by atoms with Gasteiger partial charge in [-0.15, -0.1) is 0 Å². The lowest BCUT2D eigenvalue weighted by Gasteiger charge is -2.48. The molecule has 0 amide bonds. The van der Waals surface area contributed by atoms with Gasteiger partial charge in [-0.25, -0.2) is 0 Å². The van der Waals surface area contributed by atoms with Gasteiger partial charge in [-0.3, -0.25) is 0 Å². The highest BCUT2D eigenvalue weighted by molar-refractivity contribution is 5.95. The average molecular weight is 322 g/mol. The Bertz CT molecular complexity index is 746. The molecule has 2 aromatic rings. The molecule has 5 rings (SSSR count). The fraction of sp³-hybridized carbons (Fsp3) is 0.545. The van der Waals surface area contributed by atoms with Crippen LogP contribution < -0.4 is 0 Å². The molecule has 0 aliphatic carbocycles. The molecule has 1 aromatic carbocycles. The molecule has 128 valence electrons. The van der Waals surface area contributed by atoms with E-state index in [1.807, 2.05) is 0 Å². The summed E-state index contributed by atoms with van der Waals surface area (Å²) in [5.41, 5.74) is 7.43. The Labute approximate surface area is 145 Å². The normalized spacial score (nSPS) is 26.2. The van der Waals surface area contributed by atoms with Crippen molar-refractivity contribution in [2.75, 3.05) is 19.6 Å². The predicted octanol–water partition coefficient (Wildman–Crippen LogP) is 5.32. The molecule has 0 spiro atoms. The zero-order valence-electron chi connectivity index (χ0n) is 15.3. The first-order valence-corrected chi connectivity index (χ1v) is 9.62. The lowest BCUT2D eigenvalue weighted by molar-refractivity contribution is 0.0211. The van der Waals surface area contributed by atoms with Crippen LogP contribution in [0.1, 0.15) is 55.7 Å². The number of H-pyrrole nitrogens is 1. The Morgan fingerprint density at radius 1 is 1.21 bits per heavy atom. The Kier molecular flexibility index (Phi) is 4.04. The molecule has 2 nitrogen and oxygen atoms in total. The number of nitrogens with zero attached hydrogens (tertiary/aromatic N) is 1. The predicted molar refractivity (Wildman–Crippen MR) is 103 cm³/mol. The van der Waals surface area contributed by atoms with E-state index >= 15 is 0 Å². The van der Waals surface area contributed by atoms with Crippen molar-refractivity contribution < 1.29 is 0 Å². The van der Waals surface area contributed by atoms with Crippen molar-refractivity contribution in [1.29, 1.82) is 0 Å². The molecule has 1 N–H and O–H groups in total. The minimum Gasteiger partial charge on any atom is -0.361 e. The molecule has 4 heterocycles. The van der Waals surface area contributed by atoms with Crippen molar-refractivity contribution in [3.8, 4) is 0 Å². The number of allylic oxidation sites excluding steroid dienone is 1. The third-order valence-corrected chi connectivity index (χ3v) is 6.76. The van der Waals surface area contributed by atoms with Gasteiger partial charge in [-0.2, -0.15) is 0 Å². The molecule has 24 heavy (non-hydrogen) atoms. The van der Waals surface area contributed by atoms with E-state index in [1.165, 1.54) is 78.5 Å². The van der Waals surface area contributed by atoms with Crippen molar-refractivity contribution in [2.24, 2.45) is 5.41 Å². The molecular weight excluding hydrogens is 292 g/mol. The van der Waals surface area contributed by atoms with E-state index in [2.05, 4.69) is 48.6 Å². The summed E-state index contributed by atoms with van der Waals surface area (Å²) in [5, 5.41) is 1.42. The largest absolute Gasteiger partial charge is 0.361 e. The van der Waals surface area contributed by atoms with Crippen LogP contribution in [0, 0.1) is 12.3 Å². The number of aryl methyl sites for hydroxylation is 2. The molecule has 2 heteroatoms. The third kappa shape index (κ3) is 2.61. The van der Waals surface area contributed by atoms with Gasteiger partial charge in [0.1, 0.15) is 0 Å². The SMILES string of the molecule is C=C(CCC12CCN(CC1)CC2)c1c[nH]c2ccc(C)c(CC)c12. The number of piperidine rings is 3. The third-order valence-electron chi connectivity index (χ3n) is 6.76.